The van der Waals surface area contributed by atoms with E-state index in [2.05, 4.69) is 30.2 Å². The summed E-state index contributed by atoms with van der Waals surface area (Å²) in [6.07, 6.45) is 7.84. The van der Waals surface area contributed by atoms with E-state index in [0.29, 0.717) is 5.65 Å². The molecule has 7 heteroatoms. The Morgan fingerprint density at radius 3 is 2.91 bits per heavy atom. The highest BCUT2D eigenvalue weighted by atomic mass is 16.1. The summed E-state index contributed by atoms with van der Waals surface area (Å²) in [5.74, 6) is 0.933. The van der Waals surface area contributed by atoms with Crippen molar-refractivity contribution in [3.8, 4) is 0 Å². The number of carbonyl (C=O) groups excluding carboxylic acids is 1. The smallest absolute Gasteiger partial charge is 0.246 e. The first-order chi connectivity index (χ1) is 11.2. The van der Waals surface area contributed by atoms with Crippen LogP contribution in [0.25, 0.3) is 11.2 Å². The number of fused-ring (bicyclic) bond motifs is 1. The molecule has 2 aromatic heterocycles. The molecule has 0 aromatic carbocycles. The Labute approximate surface area is 135 Å². The van der Waals surface area contributed by atoms with Crippen LogP contribution in [0.3, 0.4) is 0 Å². The average Bonchev–Trinajstić information content (AvgIpc) is 3.04. The molecule has 2 N–H and O–H groups in total. The van der Waals surface area contributed by atoms with Crippen LogP contribution in [0.4, 0.5) is 5.82 Å². The molecule has 1 amide bonds. The van der Waals surface area contributed by atoms with Gasteiger partial charge < -0.3 is 15.2 Å². The molecule has 0 aliphatic carbocycles. The quantitative estimate of drug-likeness (QED) is 0.840. The van der Waals surface area contributed by atoms with E-state index in [-0.39, 0.29) is 11.9 Å². The number of allylic oxidation sites excluding steroid dienone is 1. The topological polar surface area (TPSA) is 86.8 Å². The third kappa shape index (κ3) is 3.33. The fraction of sp³-hybridized carbons (Fsp3) is 0.500. The van der Waals surface area contributed by atoms with Crippen molar-refractivity contribution in [2.75, 3.05) is 18.0 Å². The number of piperidine rings is 1. The van der Waals surface area contributed by atoms with Crippen molar-refractivity contribution < 1.29 is 4.79 Å². The zero-order valence-corrected chi connectivity index (χ0v) is 13.5. The average molecular weight is 314 g/mol. The van der Waals surface area contributed by atoms with Crippen LogP contribution in [0, 0.1) is 0 Å². The van der Waals surface area contributed by atoms with Gasteiger partial charge in [-0.3, -0.25) is 4.79 Å². The fourth-order valence-electron chi connectivity index (χ4n) is 2.93. The highest BCUT2D eigenvalue weighted by Crippen LogP contribution is 2.23. The van der Waals surface area contributed by atoms with E-state index in [1.54, 1.807) is 12.7 Å². The maximum Gasteiger partial charge on any atom is 0.246 e. The van der Waals surface area contributed by atoms with Gasteiger partial charge in [-0.05, 0) is 26.2 Å². The molecule has 23 heavy (non-hydrogen) atoms. The van der Waals surface area contributed by atoms with Gasteiger partial charge in [-0.25, -0.2) is 15.0 Å². The van der Waals surface area contributed by atoms with E-state index in [0.717, 1.165) is 49.3 Å². The number of nitrogens with one attached hydrogen (secondary N) is 2. The molecule has 3 rings (SSSR count). The molecule has 3 heterocycles. The lowest BCUT2D eigenvalue weighted by Crippen LogP contribution is -2.45. The molecular weight excluding hydrogens is 292 g/mol. The van der Waals surface area contributed by atoms with Gasteiger partial charge in [0.25, 0.3) is 0 Å². The third-order valence-corrected chi connectivity index (χ3v) is 4.20. The van der Waals surface area contributed by atoms with E-state index in [4.69, 9.17) is 0 Å². The number of hydrogen-bond donors (Lipinski definition) is 2. The van der Waals surface area contributed by atoms with Gasteiger partial charge >= 0.3 is 0 Å². The van der Waals surface area contributed by atoms with Crippen LogP contribution in [0.15, 0.2) is 24.3 Å². The van der Waals surface area contributed by atoms with Gasteiger partial charge in [-0.1, -0.05) is 13.0 Å². The Bertz CT molecular complexity index is 714. The number of carbonyl (C=O) groups is 1. The van der Waals surface area contributed by atoms with Gasteiger partial charge in [0.15, 0.2) is 11.5 Å². The lowest BCUT2D eigenvalue weighted by molar-refractivity contribution is -0.118. The fourth-order valence-corrected chi connectivity index (χ4v) is 2.93. The van der Waals surface area contributed by atoms with Gasteiger partial charge in [0, 0.05) is 24.7 Å². The van der Waals surface area contributed by atoms with Crippen LogP contribution in [-0.4, -0.2) is 45.0 Å². The molecule has 0 atom stereocenters. The predicted octanol–water partition coefficient (Wildman–Crippen LogP) is 1.79. The summed E-state index contributed by atoms with van der Waals surface area (Å²) in [5, 5.41) is 3.12. The first-order valence-corrected chi connectivity index (χ1v) is 8.05. The lowest BCUT2D eigenvalue weighted by Gasteiger charge is -2.33. The summed E-state index contributed by atoms with van der Waals surface area (Å²) in [7, 11) is 0. The summed E-state index contributed by atoms with van der Waals surface area (Å²) in [6.45, 7) is 5.61. The molecule has 1 saturated heterocycles. The zero-order valence-electron chi connectivity index (χ0n) is 13.5. The van der Waals surface area contributed by atoms with Crippen LogP contribution in [-0.2, 0) is 4.79 Å². The SMILES string of the molecule is CCC=C(C)C(=O)NC1CCN(c2ncnc3nc[nH]c23)CC1. The number of aromatic amines is 1. The van der Waals surface area contributed by atoms with Crippen molar-refractivity contribution in [3.05, 3.63) is 24.3 Å². The summed E-state index contributed by atoms with van der Waals surface area (Å²) >= 11 is 0. The number of hydrogen-bond acceptors (Lipinski definition) is 5. The summed E-state index contributed by atoms with van der Waals surface area (Å²) in [5.41, 5.74) is 2.35. The Kier molecular flexibility index (Phi) is 4.55. The minimum absolute atomic E-state index is 0.0447. The minimum atomic E-state index is 0.0447. The number of H-pyrrole nitrogens is 1. The van der Waals surface area contributed by atoms with Crippen LogP contribution < -0.4 is 10.2 Å². The Morgan fingerprint density at radius 1 is 1.39 bits per heavy atom. The Balaban J connectivity index is 1.62. The monoisotopic (exact) mass is 314 g/mol. The Hall–Kier alpha value is -2.44. The van der Waals surface area contributed by atoms with Crippen LogP contribution in [0.2, 0.25) is 0 Å². The molecule has 0 bridgehead atoms. The van der Waals surface area contributed by atoms with Crippen molar-refractivity contribution in [2.45, 2.75) is 39.2 Å². The molecule has 1 fully saturated rings. The molecule has 2 aromatic rings. The number of aromatic nitrogens is 4. The van der Waals surface area contributed by atoms with Gasteiger partial charge in [0.05, 0.1) is 6.33 Å². The van der Waals surface area contributed by atoms with Gasteiger partial charge in [-0.2, -0.15) is 0 Å². The Morgan fingerprint density at radius 2 is 2.17 bits per heavy atom. The first-order valence-electron chi connectivity index (χ1n) is 8.05. The van der Waals surface area contributed by atoms with Crippen LogP contribution in [0.1, 0.15) is 33.1 Å². The van der Waals surface area contributed by atoms with Gasteiger partial charge in [0.1, 0.15) is 11.8 Å². The molecule has 7 nitrogen and oxygen atoms in total. The standard InChI is InChI=1S/C16H22N6O/c1-3-4-11(2)16(23)21-12-5-7-22(8-6-12)15-13-14(18-9-17-13)19-10-20-15/h4,9-10,12H,3,5-8H2,1-2H3,(H,21,23)(H,17,18,19,20). The number of imidazole rings is 1. The van der Waals surface area contributed by atoms with Crippen LogP contribution in [0.5, 0.6) is 0 Å². The summed E-state index contributed by atoms with van der Waals surface area (Å²) in [6, 6.07) is 0.220. The van der Waals surface area contributed by atoms with E-state index in [1.165, 1.54) is 0 Å². The molecule has 0 saturated carbocycles. The number of rotatable bonds is 4. The van der Waals surface area contributed by atoms with E-state index >= 15 is 0 Å². The zero-order chi connectivity index (χ0) is 16.2. The van der Waals surface area contributed by atoms with Crippen molar-refractivity contribution in [1.82, 2.24) is 25.3 Å². The van der Waals surface area contributed by atoms with E-state index in [9.17, 15) is 4.79 Å². The third-order valence-electron chi connectivity index (χ3n) is 4.20. The summed E-state index contributed by atoms with van der Waals surface area (Å²) in [4.78, 5) is 30.1. The van der Waals surface area contributed by atoms with Crippen LogP contribution >= 0.6 is 0 Å². The van der Waals surface area contributed by atoms with Crippen molar-refractivity contribution in [3.63, 3.8) is 0 Å². The number of amides is 1. The van der Waals surface area contributed by atoms with Gasteiger partial charge in [0.2, 0.25) is 5.91 Å². The lowest BCUT2D eigenvalue weighted by atomic mass is 10.0. The molecule has 1 aliphatic heterocycles. The second kappa shape index (κ2) is 6.76. The highest BCUT2D eigenvalue weighted by Gasteiger charge is 2.23. The second-order valence-electron chi connectivity index (χ2n) is 5.83. The van der Waals surface area contributed by atoms with Crippen molar-refractivity contribution >= 4 is 22.9 Å². The maximum absolute atomic E-state index is 12.1. The molecule has 0 radical (unpaired) electrons. The molecular formula is C16H22N6O. The molecule has 122 valence electrons. The number of nitrogens with zero attached hydrogens (tertiary/aromatic N) is 4. The van der Waals surface area contributed by atoms with E-state index in [1.807, 2.05) is 19.9 Å². The maximum atomic E-state index is 12.1. The first kappa shape index (κ1) is 15.5. The second-order valence-corrected chi connectivity index (χ2v) is 5.83. The molecule has 0 unspecified atom stereocenters. The van der Waals surface area contributed by atoms with Crippen molar-refractivity contribution in [2.24, 2.45) is 0 Å². The van der Waals surface area contributed by atoms with Gasteiger partial charge in [-0.15, -0.1) is 0 Å². The number of anilines is 1. The molecule has 0 spiro atoms. The van der Waals surface area contributed by atoms with E-state index < -0.39 is 0 Å². The van der Waals surface area contributed by atoms with Crippen molar-refractivity contribution in [1.29, 1.82) is 0 Å². The normalized spacial score (nSPS) is 16.8. The predicted molar refractivity (Wildman–Crippen MR) is 89.1 cm³/mol. The molecule has 1 aliphatic rings. The highest BCUT2D eigenvalue weighted by molar-refractivity contribution is 5.93. The summed E-state index contributed by atoms with van der Waals surface area (Å²) < 4.78 is 0. The minimum Gasteiger partial charge on any atom is -0.355 e. The largest absolute Gasteiger partial charge is 0.355 e.